The van der Waals surface area contributed by atoms with E-state index in [0.29, 0.717) is 12.1 Å². The molecule has 1 aromatic heterocycles. The molecule has 2 atom stereocenters. The predicted octanol–water partition coefficient (Wildman–Crippen LogP) is 2.08. The Morgan fingerprint density at radius 3 is 2.82 bits per heavy atom. The third kappa shape index (κ3) is 4.97. The highest BCUT2D eigenvalue weighted by Crippen LogP contribution is 2.25. The van der Waals surface area contributed by atoms with Crippen LogP contribution in [-0.4, -0.2) is 56.8 Å². The number of nitrogens with zero attached hydrogens (tertiary/aromatic N) is 2. The largest absolute Gasteiger partial charge is 0.379 e. The molecule has 1 aliphatic heterocycles. The van der Waals surface area contributed by atoms with E-state index >= 15 is 0 Å². The SMILES string of the molecule is CCC(C)NC(=NC)NCC(c1cccs1)N1CCOCC1. The van der Waals surface area contributed by atoms with E-state index in [0.717, 1.165) is 45.2 Å². The fourth-order valence-electron chi connectivity index (χ4n) is 2.50. The lowest BCUT2D eigenvalue weighted by molar-refractivity contribution is 0.0177. The summed E-state index contributed by atoms with van der Waals surface area (Å²) < 4.78 is 5.49. The first kappa shape index (κ1) is 17.2. The van der Waals surface area contributed by atoms with Gasteiger partial charge >= 0.3 is 0 Å². The van der Waals surface area contributed by atoms with Crippen molar-refractivity contribution in [1.82, 2.24) is 15.5 Å². The van der Waals surface area contributed by atoms with Crippen molar-refractivity contribution in [3.8, 4) is 0 Å². The van der Waals surface area contributed by atoms with Gasteiger partial charge in [0.05, 0.1) is 19.3 Å². The molecule has 5 nitrogen and oxygen atoms in total. The summed E-state index contributed by atoms with van der Waals surface area (Å²) in [5.74, 6) is 0.879. The number of ether oxygens (including phenoxy) is 1. The number of guanidine groups is 1. The summed E-state index contributed by atoms with van der Waals surface area (Å²) in [7, 11) is 1.83. The number of morpholine rings is 1. The van der Waals surface area contributed by atoms with E-state index in [9.17, 15) is 0 Å². The fraction of sp³-hybridized carbons (Fsp3) is 0.688. The van der Waals surface area contributed by atoms with Crippen LogP contribution in [0.2, 0.25) is 0 Å². The summed E-state index contributed by atoms with van der Waals surface area (Å²) in [6, 6.07) is 5.14. The Balaban J connectivity index is 1.97. The number of nitrogens with one attached hydrogen (secondary N) is 2. The van der Waals surface area contributed by atoms with Gasteiger partial charge in [0.1, 0.15) is 0 Å². The van der Waals surface area contributed by atoms with E-state index in [2.05, 4.69) is 51.9 Å². The number of thiophene rings is 1. The molecule has 1 fully saturated rings. The molecule has 6 heteroatoms. The van der Waals surface area contributed by atoms with E-state index in [-0.39, 0.29) is 0 Å². The third-order valence-electron chi connectivity index (χ3n) is 4.04. The molecular weight excluding hydrogens is 296 g/mol. The average molecular weight is 324 g/mol. The van der Waals surface area contributed by atoms with Crippen molar-refractivity contribution < 1.29 is 4.74 Å². The van der Waals surface area contributed by atoms with Crippen molar-refractivity contribution >= 4 is 17.3 Å². The summed E-state index contributed by atoms with van der Waals surface area (Å²) in [5.41, 5.74) is 0. The Bertz CT molecular complexity index is 443. The van der Waals surface area contributed by atoms with Gasteiger partial charge in [0.15, 0.2) is 5.96 Å². The lowest BCUT2D eigenvalue weighted by atomic mass is 10.2. The molecule has 2 N–H and O–H groups in total. The Hall–Kier alpha value is -1.11. The first-order valence-corrected chi connectivity index (χ1v) is 8.95. The minimum Gasteiger partial charge on any atom is -0.379 e. The standard InChI is InChI=1S/C16H28N4OS/c1-4-13(2)19-16(17-3)18-12-14(15-6-5-11-22-15)20-7-9-21-10-8-20/h5-6,11,13-14H,4,7-10,12H2,1-3H3,(H2,17,18,19). The smallest absolute Gasteiger partial charge is 0.191 e. The zero-order valence-corrected chi connectivity index (χ0v) is 14.7. The molecule has 2 unspecified atom stereocenters. The zero-order chi connectivity index (χ0) is 15.8. The predicted molar refractivity (Wildman–Crippen MR) is 93.7 cm³/mol. The van der Waals surface area contributed by atoms with Crippen molar-refractivity contribution in [3.63, 3.8) is 0 Å². The second-order valence-corrected chi connectivity index (χ2v) is 6.57. The van der Waals surface area contributed by atoms with Crippen LogP contribution >= 0.6 is 11.3 Å². The van der Waals surface area contributed by atoms with Gasteiger partial charge in [-0.25, -0.2) is 0 Å². The third-order valence-corrected chi connectivity index (χ3v) is 5.01. The molecule has 1 saturated heterocycles. The molecule has 0 radical (unpaired) electrons. The van der Waals surface area contributed by atoms with E-state index < -0.39 is 0 Å². The summed E-state index contributed by atoms with van der Waals surface area (Å²) in [6.07, 6.45) is 1.08. The van der Waals surface area contributed by atoms with Gasteiger partial charge in [-0.1, -0.05) is 13.0 Å². The lowest BCUT2D eigenvalue weighted by Gasteiger charge is -2.34. The lowest BCUT2D eigenvalue weighted by Crippen LogP contribution is -2.47. The maximum Gasteiger partial charge on any atom is 0.191 e. The molecule has 0 spiro atoms. The van der Waals surface area contributed by atoms with Crippen molar-refractivity contribution in [2.75, 3.05) is 39.9 Å². The molecule has 0 bridgehead atoms. The number of hydrogen-bond donors (Lipinski definition) is 2. The monoisotopic (exact) mass is 324 g/mol. The molecule has 0 amide bonds. The second kappa shape index (κ2) is 9.12. The van der Waals surface area contributed by atoms with Gasteiger partial charge < -0.3 is 15.4 Å². The van der Waals surface area contributed by atoms with Crippen LogP contribution in [0.5, 0.6) is 0 Å². The van der Waals surface area contributed by atoms with Crippen molar-refractivity contribution in [2.45, 2.75) is 32.4 Å². The Morgan fingerprint density at radius 1 is 1.45 bits per heavy atom. The summed E-state index contributed by atoms with van der Waals surface area (Å²) in [4.78, 5) is 8.22. The van der Waals surface area contributed by atoms with Crippen molar-refractivity contribution in [1.29, 1.82) is 0 Å². The summed E-state index contributed by atoms with van der Waals surface area (Å²) >= 11 is 1.82. The quantitative estimate of drug-likeness (QED) is 0.621. The highest BCUT2D eigenvalue weighted by atomic mass is 32.1. The molecular formula is C16H28N4OS. The molecule has 0 aromatic carbocycles. The maximum absolute atomic E-state index is 5.49. The minimum atomic E-state index is 0.374. The van der Waals surface area contributed by atoms with Crippen LogP contribution in [0, 0.1) is 0 Å². The second-order valence-electron chi connectivity index (χ2n) is 5.59. The van der Waals surface area contributed by atoms with Crippen LogP contribution in [0.1, 0.15) is 31.2 Å². The summed E-state index contributed by atoms with van der Waals surface area (Å²) in [6.45, 7) is 8.82. The Labute approximate surface area is 137 Å². The van der Waals surface area contributed by atoms with Crippen LogP contribution in [0.15, 0.2) is 22.5 Å². The van der Waals surface area contributed by atoms with Gasteiger partial charge in [0.2, 0.25) is 0 Å². The van der Waals surface area contributed by atoms with Gasteiger partial charge in [-0.05, 0) is 24.8 Å². The molecule has 1 aliphatic rings. The number of hydrogen-bond acceptors (Lipinski definition) is 4. The number of aliphatic imine (C=N–C) groups is 1. The Kier molecular flexibility index (Phi) is 7.15. The van der Waals surface area contributed by atoms with E-state index in [1.807, 2.05) is 18.4 Å². The zero-order valence-electron chi connectivity index (χ0n) is 13.8. The van der Waals surface area contributed by atoms with Crippen LogP contribution in [-0.2, 0) is 4.74 Å². The van der Waals surface area contributed by atoms with Crippen LogP contribution in [0.25, 0.3) is 0 Å². The van der Waals surface area contributed by atoms with Gasteiger partial charge in [0, 0.05) is 37.6 Å². The number of rotatable bonds is 6. The average Bonchev–Trinajstić information content (AvgIpc) is 3.09. The van der Waals surface area contributed by atoms with E-state index in [1.54, 1.807) is 0 Å². The van der Waals surface area contributed by atoms with E-state index in [1.165, 1.54) is 4.88 Å². The maximum atomic E-state index is 5.49. The van der Waals surface area contributed by atoms with Crippen LogP contribution < -0.4 is 10.6 Å². The van der Waals surface area contributed by atoms with Gasteiger partial charge in [-0.3, -0.25) is 9.89 Å². The normalized spacial score (nSPS) is 19.7. The summed E-state index contributed by atoms with van der Waals surface area (Å²) in [5, 5.41) is 9.05. The molecule has 2 rings (SSSR count). The molecule has 22 heavy (non-hydrogen) atoms. The molecule has 1 aromatic rings. The first-order chi connectivity index (χ1) is 10.7. The van der Waals surface area contributed by atoms with E-state index in [4.69, 9.17) is 4.74 Å². The highest BCUT2D eigenvalue weighted by Gasteiger charge is 2.23. The van der Waals surface area contributed by atoms with Crippen molar-refractivity contribution in [3.05, 3.63) is 22.4 Å². The molecule has 2 heterocycles. The van der Waals surface area contributed by atoms with Crippen LogP contribution in [0.3, 0.4) is 0 Å². The minimum absolute atomic E-state index is 0.374. The van der Waals surface area contributed by atoms with Gasteiger partial charge in [-0.2, -0.15) is 0 Å². The Morgan fingerprint density at radius 2 is 2.23 bits per heavy atom. The fourth-order valence-corrected chi connectivity index (χ4v) is 3.36. The molecule has 124 valence electrons. The topological polar surface area (TPSA) is 48.9 Å². The molecule has 0 saturated carbocycles. The van der Waals surface area contributed by atoms with Gasteiger partial charge in [-0.15, -0.1) is 11.3 Å². The molecule has 0 aliphatic carbocycles. The van der Waals surface area contributed by atoms with Crippen LogP contribution in [0.4, 0.5) is 0 Å². The van der Waals surface area contributed by atoms with Crippen molar-refractivity contribution in [2.24, 2.45) is 4.99 Å². The van der Waals surface area contributed by atoms with Gasteiger partial charge in [0.25, 0.3) is 0 Å². The highest BCUT2D eigenvalue weighted by molar-refractivity contribution is 7.10. The first-order valence-electron chi connectivity index (χ1n) is 8.07.